The topological polar surface area (TPSA) is 84.6 Å². The SMILES string of the molecule is COc1ccccc1N=Nc1c(C)[nH]n(-c2nc(-c3ccccc3)cs2)c1=O. The third-order valence-electron chi connectivity index (χ3n) is 4.14. The van der Waals surface area contributed by atoms with Crippen LogP contribution in [0.3, 0.4) is 0 Å². The minimum Gasteiger partial charge on any atom is -0.494 e. The lowest BCUT2D eigenvalue weighted by Crippen LogP contribution is -2.13. The van der Waals surface area contributed by atoms with Gasteiger partial charge in [-0.25, -0.2) is 4.98 Å². The Kier molecular flexibility index (Phi) is 4.86. The molecule has 1 N–H and O–H groups in total. The minimum absolute atomic E-state index is 0.238. The van der Waals surface area contributed by atoms with E-state index in [2.05, 4.69) is 20.3 Å². The van der Waals surface area contributed by atoms with Crippen molar-refractivity contribution in [2.45, 2.75) is 6.92 Å². The number of rotatable bonds is 5. The molecule has 0 aliphatic carbocycles. The first-order valence-electron chi connectivity index (χ1n) is 8.55. The second-order valence-electron chi connectivity index (χ2n) is 5.98. The van der Waals surface area contributed by atoms with Crippen molar-refractivity contribution in [1.29, 1.82) is 0 Å². The van der Waals surface area contributed by atoms with Crippen molar-refractivity contribution in [2.75, 3.05) is 7.11 Å². The molecule has 4 rings (SSSR count). The standard InChI is InChI=1S/C20H17N5O2S/c1-13-18(23-22-15-10-6-7-11-17(15)27-2)19(26)25(24-13)20-21-16(12-28-20)14-8-4-3-5-9-14/h3-12,24H,1-2H3. The maximum Gasteiger partial charge on any atom is 0.301 e. The number of aryl methyl sites for hydroxylation is 1. The summed E-state index contributed by atoms with van der Waals surface area (Å²) in [5.41, 5.74) is 2.92. The van der Waals surface area contributed by atoms with Gasteiger partial charge in [-0.05, 0) is 19.1 Å². The molecule has 7 nitrogen and oxygen atoms in total. The van der Waals surface area contributed by atoms with Crippen molar-refractivity contribution >= 4 is 22.7 Å². The quantitative estimate of drug-likeness (QED) is 0.485. The summed E-state index contributed by atoms with van der Waals surface area (Å²) in [4.78, 5) is 17.4. The third-order valence-corrected chi connectivity index (χ3v) is 4.96. The van der Waals surface area contributed by atoms with Crippen LogP contribution in [0, 0.1) is 6.92 Å². The van der Waals surface area contributed by atoms with Crippen molar-refractivity contribution in [3.63, 3.8) is 0 Å². The van der Waals surface area contributed by atoms with Gasteiger partial charge in [0.15, 0.2) is 5.69 Å². The van der Waals surface area contributed by atoms with Crippen LogP contribution in [0.5, 0.6) is 5.75 Å². The second kappa shape index (κ2) is 7.61. The van der Waals surface area contributed by atoms with E-state index in [-0.39, 0.29) is 11.2 Å². The first-order valence-corrected chi connectivity index (χ1v) is 9.43. The average Bonchev–Trinajstić information content (AvgIpc) is 3.32. The molecule has 0 unspecified atom stereocenters. The Labute approximate surface area is 165 Å². The zero-order valence-electron chi connectivity index (χ0n) is 15.3. The number of azo groups is 1. The normalized spacial score (nSPS) is 11.2. The van der Waals surface area contributed by atoms with Crippen LogP contribution in [-0.2, 0) is 0 Å². The smallest absolute Gasteiger partial charge is 0.301 e. The third kappa shape index (κ3) is 3.37. The Morgan fingerprint density at radius 1 is 1.07 bits per heavy atom. The fraction of sp³-hybridized carbons (Fsp3) is 0.100. The number of aromatic nitrogens is 3. The van der Waals surface area contributed by atoms with E-state index in [1.807, 2.05) is 47.8 Å². The highest BCUT2D eigenvalue weighted by Crippen LogP contribution is 2.28. The van der Waals surface area contributed by atoms with Crippen LogP contribution in [0.2, 0.25) is 0 Å². The van der Waals surface area contributed by atoms with Crippen molar-refractivity contribution < 1.29 is 4.74 Å². The largest absolute Gasteiger partial charge is 0.494 e. The zero-order chi connectivity index (χ0) is 19.5. The lowest BCUT2D eigenvalue weighted by molar-refractivity contribution is 0.416. The van der Waals surface area contributed by atoms with Crippen molar-refractivity contribution in [2.24, 2.45) is 10.2 Å². The minimum atomic E-state index is -0.301. The molecule has 0 amide bonds. The van der Waals surface area contributed by atoms with E-state index >= 15 is 0 Å². The number of benzene rings is 2. The summed E-state index contributed by atoms with van der Waals surface area (Å²) < 4.78 is 6.65. The predicted octanol–water partition coefficient (Wildman–Crippen LogP) is 5.02. The van der Waals surface area contributed by atoms with Gasteiger partial charge < -0.3 is 4.74 Å². The molecule has 0 saturated heterocycles. The van der Waals surface area contributed by atoms with Crippen LogP contribution in [0.4, 0.5) is 11.4 Å². The van der Waals surface area contributed by atoms with E-state index in [1.165, 1.54) is 16.0 Å². The molecule has 0 fully saturated rings. The molecule has 0 radical (unpaired) electrons. The molecule has 2 aromatic heterocycles. The summed E-state index contributed by atoms with van der Waals surface area (Å²) in [7, 11) is 1.57. The number of H-pyrrole nitrogens is 1. The van der Waals surface area contributed by atoms with Crippen LogP contribution in [0.15, 0.2) is 75.0 Å². The highest BCUT2D eigenvalue weighted by molar-refractivity contribution is 7.12. The number of thiazole rings is 1. The number of aromatic amines is 1. The molecule has 0 aliphatic heterocycles. The van der Waals surface area contributed by atoms with Gasteiger partial charge in [-0.2, -0.15) is 4.68 Å². The van der Waals surface area contributed by atoms with E-state index in [1.54, 1.807) is 26.2 Å². The van der Waals surface area contributed by atoms with Crippen LogP contribution >= 0.6 is 11.3 Å². The van der Waals surface area contributed by atoms with Crippen molar-refractivity contribution in [3.05, 3.63) is 76.0 Å². The fourth-order valence-corrected chi connectivity index (χ4v) is 3.51. The number of ether oxygens (including phenoxy) is 1. The fourth-order valence-electron chi connectivity index (χ4n) is 2.71. The van der Waals surface area contributed by atoms with Crippen molar-refractivity contribution in [1.82, 2.24) is 14.8 Å². The van der Waals surface area contributed by atoms with E-state index in [4.69, 9.17) is 4.74 Å². The zero-order valence-corrected chi connectivity index (χ0v) is 16.1. The van der Waals surface area contributed by atoms with Gasteiger partial charge in [-0.15, -0.1) is 21.6 Å². The number of nitrogens with zero attached hydrogens (tertiary/aromatic N) is 4. The molecule has 0 bridgehead atoms. The lowest BCUT2D eigenvalue weighted by atomic mass is 10.2. The molecular formula is C20H17N5O2S. The summed E-state index contributed by atoms with van der Waals surface area (Å²) in [5, 5.41) is 13.8. The molecule has 0 saturated carbocycles. The molecule has 28 heavy (non-hydrogen) atoms. The summed E-state index contributed by atoms with van der Waals surface area (Å²) in [6, 6.07) is 17.1. The Bertz CT molecular complexity index is 1190. The number of para-hydroxylation sites is 1. The maximum atomic E-state index is 12.8. The average molecular weight is 391 g/mol. The van der Waals surface area contributed by atoms with Crippen LogP contribution in [0.1, 0.15) is 5.69 Å². The summed E-state index contributed by atoms with van der Waals surface area (Å²) in [5.74, 6) is 0.590. The van der Waals surface area contributed by atoms with E-state index < -0.39 is 0 Å². The molecule has 2 aromatic carbocycles. The predicted molar refractivity (Wildman–Crippen MR) is 109 cm³/mol. The maximum absolute atomic E-state index is 12.8. The van der Waals surface area contributed by atoms with Crippen LogP contribution in [-0.4, -0.2) is 21.9 Å². The molecule has 8 heteroatoms. The Morgan fingerprint density at radius 3 is 2.61 bits per heavy atom. The van der Waals surface area contributed by atoms with Gasteiger partial charge in [-0.3, -0.25) is 9.89 Å². The summed E-state index contributed by atoms with van der Waals surface area (Å²) >= 11 is 1.38. The molecule has 2 heterocycles. The van der Waals surface area contributed by atoms with E-state index in [0.717, 1.165) is 11.3 Å². The van der Waals surface area contributed by atoms with Gasteiger partial charge in [0.1, 0.15) is 11.4 Å². The van der Waals surface area contributed by atoms with Crippen molar-refractivity contribution in [3.8, 4) is 22.1 Å². The van der Waals surface area contributed by atoms with Gasteiger partial charge in [-0.1, -0.05) is 42.5 Å². The number of nitrogens with one attached hydrogen (secondary N) is 1. The van der Waals surface area contributed by atoms with Gasteiger partial charge >= 0.3 is 5.56 Å². The van der Waals surface area contributed by atoms with E-state index in [9.17, 15) is 4.79 Å². The first kappa shape index (κ1) is 17.9. The van der Waals surface area contributed by atoms with Crippen LogP contribution in [0.25, 0.3) is 16.4 Å². The Balaban J connectivity index is 1.68. The first-order chi connectivity index (χ1) is 13.7. The lowest BCUT2D eigenvalue weighted by Gasteiger charge is -2.01. The monoisotopic (exact) mass is 391 g/mol. The number of hydrogen-bond donors (Lipinski definition) is 1. The van der Waals surface area contributed by atoms with Gasteiger partial charge in [0, 0.05) is 10.9 Å². The highest BCUT2D eigenvalue weighted by atomic mass is 32.1. The van der Waals surface area contributed by atoms with Crippen LogP contribution < -0.4 is 10.3 Å². The van der Waals surface area contributed by atoms with Gasteiger partial charge in [0.25, 0.3) is 0 Å². The van der Waals surface area contributed by atoms with E-state index in [0.29, 0.717) is 22.3 Å². The van der Waals surface area contributed by atoms with Gasteiger partial charge in [0.2, 0.25) is 5.13 Å². The number of methoxy groups -OCH3 is 1. The Morgan fingerprint density at radius 2 is 1.82 bits per heavy atom. The number of hydrogen-bond acceptors (Lipinski definition) is 6. The van der Waals surface area contributed by atoms with Gasteiger partial charge in [0.05, 0.1) is 18.5 Å². The molecule has 0 spiro atoms. The molecule has 4 aromatic rings. The second-order valence-corrected chi connectivity index (χ2v) is 6.82. The summed E-state index contributed by atoms with van der Waals surface area (Å²) in [6.45, 7) is 1.78. The summed E-state index contributed by atoms with van der Waals surface area (Å²) in [6.07, 6.45) is 0. The molecule has 0 atom stereocenters. The Hall–Kier alpha value is -3.52. The molecule has 0 aliphatic rings. The molecule has 140 valence electrons. The highest BCUT2D eigenvalue weighted by Gasteiger charge is 2.15. The molecular weight excluding hydrogens is 374 g/mol.